The molecule has 2 heterocycles. The Morgan fingerprint density at radius 2 is 1.89 bits per heavy atom. The SMILES string of the molecule is CC(C)(C)OC(=O)N1CCN2C(=O)c3c(OC(F)(F)F)cc(O)cc3C2C1. The Morgan fingerprint density at radius 3 is 2.48 bits per heavy atom. The first-order valence-electron chi connectivity index (χ1n) is 8.27. The average Bonchev–Trinajstić information content (AvgIpc) is 2.76. The van der Waals surface area contributed by atoms with Crippen molar-refractivity contribution in [2.45, 2.75) is 38.8 Å². The summed E-state index contributed by atoms with van der Waals surface area (Å²) >= 11 is 0. The van der Waals surface area contributed by atoms with Gasteiger partial charge in [-0.05, 0) is 32.4 Å². The van der Waals surface area contributed by atoms with E-state index in [1.54, 1.807) is 20.8 Å². The maximum atomic E-state index is 12.7. The molecule has 148 valence electrons. The highest BCUT2D eigenvalue weighted by Gasteiger charge is 2.45. The summed E-state index contributed by atoms with van der Waals surface area (Å²) in [6, 6.07) is 1.30. The molecule has 27 heavy (non-hydrogen) atoms. The minimum atomic E-state index is -5.01. The first kappa shape index (κ1) is 19.1. The zero-order chi connectivity index (χ0) is 20.1. The summed E-state index contributed by atoms with van der Waals surface area (Å²) in [7, 11) is 0. The number of piperazine rings is 1. The van der Waals surface area contributed by atoms with Gasteiger partial charge in [0.15, 0.2) is 0 Å². The van der Waals surface area contributed by atoms with Crippen molar-refractivity contribution in [3.05, 3.63) is 23.3 Å². The second-order valence-corrected chi connectivity index (χ2v) is 7.40. The van der Waals surface area contributed by atoms with E-state index < -0.39 is 41.5 Å². The van der Waals surface area contributed by atoms with Gasteiger partial charge in [-0.15, -0.1) is 13.2 Å². The number of ether oxygens (including phenoxy) is 2. The summed E-state index contributed by atoms with van der Waals surface area (Å²) < 4.78 is 47.2. The lowest BCUT2D eigenvalue weighted by Gasteiger charge is -2.38. The number of halogens is 3. The van der Waals surface area contributed by atoms with E-state index in [-0.39, 0.29) is 30.8 Å². The molecule has 2 amide bonds. The van der Waals surface area contributed by atoms with E-state index in [1.807, 2.05) is 0 Å². The number of amides is 2. The third-order valence-electron chi connectivity index (χ3n) is 4.21. The average molecular weight is 388 g/mol. The van der Waals surface area contributed by atoms with Crippen molar-refractivity contribution in [3.8, 4) is 11.5 Å². The second kappa shape index (κ2) is 6.21. The van der Waals surface area contributed by atoms with Crippen LogP contribution in [0.3, 0.4) is 0 Å². The maximum absolute atomic E-state index is 12.7. The highest BCUT2D eigenvalue weighted by molar-refractivity contribution is 6.02. The zero-order valence-corrected chi connectivity index (χ0v) is 15.0. The highest BCUT2D eigenvalue weighted by Crippen LogP contribution is 2.44. The molecular weight excluding hydrogens is 369 g/mol. The molecule has 1 aromatic rings. The van der Waals surface area contributed by atoms with Crippen LogP contribution in [0.1, 0.15) is 42.7 Å². The molecule has 1 atom stereocenters. The van der Waals surface area contributed by atoms with Crippen LogP contribution in [0.4, 0.5) is 18.0 Å². The van der Waals surface area contributed by atoms with Crippen LogP contribution in [0.15, 0.2) is 12.1 Å². The van der Waals surface area contributed by atoms with E-state index in [0.717, 1.165) is 6.07 Å². The van der Waals surface area contributed by atoms with Crippen molar-refractivity contribution in [1.29, 1.82) is 0 Å². The number of phenolic OH excluding ortho intramolecular Hbond substituents is 1. The first-order chi connectivity index (χ1) is 12.4. The molecule has 1 saturated heterocycles. The number of hydrogen-bond acceptors (Lipinski definition) is 5. The van der Waals surface area contributed by atoms with Crippen LogP contribution in [0.2, 0.25) is 0 Å². The molecule has 0 bridgehead atoms. The van der Waals surface area contributed by atoms with Crippen LogP contribution in [-0.2, 0) is 4.74 Å². The van der Waals surface area contributed by atoms with Gasteiger partial charge in [-0.2, -0.15) is 0 Å². The van der Waals surface area contributed by atoms with Crippen LogP contribution in [0.25, 0.3) is 0 Å². The molecule has 2 aliphatic rings. The summed E-state index contributed by atoms with van der Waals surface area (Å²) in [4.78, 5) is 27.7. The van der Waals surface area contributed by atoms with Gasteiger partial charge in [0, 0.05) is 25.7 Å². The maximum Gasteiger partial charge on any atom is 0.573 e. The van der Waals surface area contributed by atoms with E-state index in [4.69, 9.17) is 4.74 Å². The first-order valence-corrected chi connectivity index (χ1v) is 8.27. The van der Waals surface area contributed by atoms with Crippen molar-refractivity contribution in [2.24, 2.45) is 0 Å². The number of fused-ring (bicyclic) bond motifs is 3. The molecule has 0 spiro atoms. The van der Waals surface area contributed by atoms with Crippen LogP contribution < -0.4 is 4.74 Å². The zero-order valence-electron chi connectivity index (χ0n) is 15.0. The molecule has 1 N–H and O–H groups in total. The number of carbonyl (C=O) groups is 2. The number of carbonyl (C=O) groups excluding carboxylic acids is 2. The minimum absolute atomic E-state index is 0.0442. The summed E-state index contributed by atoms with van der Waals surface area (Å²) in [5.41, 5.74) is -0.766. The Bertz CT molecular complexity index is 788. The summed E-state index contributed by atoms with van der Waals surface area (Å²) in [5, 5.41) is 9.80. The Morgan fingerprint density at radius 1 is 1.22 bits per heavy atom. The molecule has 0 aliphatic carbocycles. The molecule has 3 rings (SSSR count). The fourth-order valence-electron chi connectivity index (χ4n) is 3.25. The number of aromatic hydroxyl groups is 1. The molecule has 1 aromatic carbocycles. The molecule has 0 radical (unpaired) electrons. The molecular formula is C17H19F3N2O5. The third-order valence-corrected chi connectivity index (χ3v) is 4.21. The lowest BCUT2D eigenvalue weighted by Crippen LogP contribution is -2.50. The van der Waals surface area contributed by atoms with Crippen molar-refractivity contribution in [2.75, 3.05) is 19.6 Å². The lowest BCUT2D eigenvalue weighted by molar-refractivity contribution is -0.274. The van der Waals surface area contributed by atoms with Crippen molar-refractivity contribution < 1.29 is 37.3 Å². The van der Waals surface area contributed by atoms with Gasteiger partial charge < -0.3 is 24.4 Å². The van der Waals surface area contributed by atoms with Gasteiger partial charge in [-0.1, -0.05) is 0 Å². The summed E-state index contributed by atoms with van der Waals surface area (Å²) in [6.07, 6.45) is -5.58. The number of benzene rings is 1. The molecule has 0 aromatic heterocycles. The normalized spacial score (nSPS) is 19.6. The van der Waals surface area contributed by atoms with Gasteiger partial charge in [0.2, 0.25) is 0 Å². The summed E-state index contributed by atoms with van der Waals surface area (Å²) in [5.74, 6) is -1.84. The van der Waals surface area contributed by atoms with Crippen LogP contribution in [0, 0.1) is 0 Å². The van der Waals surface area contributed by atoms with Gasteiger partial charge in [-0.3, -0.25) is 4.79 Å². The van der Waals surface area contributed by atoms with Gasteiger partial charge in [0.05, 0.1) is 11.6 Å². The topological polar surface area (TPSA) is 79.3 Å². The van der Waals surface area contributed by atoms with Gasteiger partial charge >= 0.3 is 12.5 Å². The molecule has 0 saturated carbocycles. The molecule has 10 heteroatoms. The van der Waals surface area contributed by atoms with Crippen LogP contribution in [0.5, 0.6) is 11.5 Å². The molecule has 1 unspecified atom stereocenters. The van der Waals surface area contributed by atoms with Gasteiger partial charge in [-0.25, -0.2) is 4.79 Å². The highest BCUT2D eigenvalue weighted by atomic mass is 19.4. The Hall–Kier alpha value is -2.65. The third kappa shape index (κ3) is 3.88. The minimum Gasteiger partial charge on any atom is -0.508 e. The quantitative estimate of drug-likeness (QED) is 0.800. The van der Waals surface area contributed by atoms with Crippen LogP contribution >= 0.6 is 0 Å². The number of phenols is 1. The molecule has 7 nitrogen and oxygen atoms in total. The van der Waals surface area contributed by atoms with Crippen LogP contribution in [-0.4, -0.2) is 58.5 Å². The number of nitrogens with zero attached hydrogens (tertiary/aromatic N) is 2. The van der Waals surface area contributed by atoms with Gasteiger partial charge in [0.1, 0.15) is 17.1 Å². The number of rotatable bonds is 1. The van der Waals surface area contributed by atoms with Gasteiger partial charge in [0.25, 0.3) is 5.91 Å². The Kier molecular flexibility index (Phi) is 4.40. The van der Waals surface area contributed by atoms with Crippen molar-refractivity contribution in [3.63, 3.8) is 0 Å². The van der Waals surface area contributed by atoms with Crippen molar-refractivity contribution in [1.82, 2.24) is 9.80 Å². The smallest absolute Gasteiger partial charge is 0.508 e. The fourth-order valence-corrected chi connectivity index (χ4v) is 3.25. The summed E-state index contributed by atoms with van der Waals surface area (Å²) in [6.45, 7) is 5.51. The second-order valence-electron chi connectivity index (χ2n) is 7.40. The predicted molar refractivity (Wildman–Crippen MR) is 86.4 cm³/mol. The predicted octanol–water partition coefficient (Wildman–Crippen LogP) is 3.04. The monoisotopic (exact) mass is 388 g/mol. The van der Waals surface area contributed by atoms with E-state index >= 15 is 0 Å². The van der Waals surface area contributed by atoms with E-state index in [1.165, 1.54) is 15.9 Å². The number of hydrogen-bond donors (Lipinski definition) is 1. The molecule has 2 aliphatic heterocycles. The Labute approximate surface area is 153 Å². The number of alkyl halides is 3. The standard InChI is InChI=1S/C17H19F3N2O5/c1-16(2,3)27-15(25)21-4-5-22-11(8-21)10-6-9(23)7-12(13(10)14(22)24)26-17(18,19)20/h6-7,11,23H,4-5,8H2,1-3H3. The van der Waals surface area contributed by atoms with E-state index in [9.17, 15) is 27.9 Å². The largest absolute Gasteiger partial charge is 0.573 e. The van der Waals surface area contributed by atoms with E-state index in [2.05, 4.69) is 4.74 Å². The van der Waals surface area contributed by atoms with E-state index in [0.29, 0.717) is 0 Å². The Balaban J connectivity index is 1.92. The molecule has 1 fully saturated rings. The lowest BCUT2D eigenvalue weighted by atomic mass is 10.0. The fraction of sp³-hybridized carbons (Fsp3) is 0.529. The van der Waals surface area contributed by atoms with Crippen molar-refractivity contribution >= 4 is 12.0 Å².